The smallest absolute Gasteiger partial charge is 0.171 e. The maximum absolute atomic E-state index is 4.42. The molecule has 0 bridgehead atoms. The molecule has 0 N–H and O–H groups in total. The maximum Gasteiger partial charge on any atom is 0.171 e. The fourth-order valence-electron chi connectivity index (χ4n) is 1.67. The molecule has 0 aromatic carbocycles. The van der Waals surface area contributed by atoms with Gasteiger partial charge in [-0.15, -0.1) is 0 Å². The summed E-state index contributed by atoms with van der Waals surface area (Å²) in [6, 6.07) is 0. The van der Waals surface area contributed by atoms with Crippen molar-refractivity contribution in [3.8, 4) is 0 Å². The van der Waals surface area contributed by atoms with Gasteiger partial charge in [0.05, 0.1) is 13.1 Å². The molecule has 0 aliphatic carbocycles. The van der Waals surface area contributed by atoms with E-state index in [2.05, 4.69) is 23.1 Å². The lowest BCUT2D eigenvalue weighted by molar-refractivity contribution is 0.591. The van der Waals surface area contributed by atoms with Gasteiger partial charge in [0.15, 0.2) is 11.7 Å². The Bertz CT molecular complexity index is 284. The lowest BCUT2D eigenvalue weighted by atomic mass is 10.4. The van der Waals surface area contributed by atoms with E-state index < -0.39 is 0 Å². The predicted molar refractivity (Wildman–Crippen MR) is 58.4 cm³/mol. The largest absolute Gasteiger partial charge is 0.329 e. The Labute approximate surface area is 83.9 Å². The first-order chi connectivity index (χ1) is 6.86. The molecule has 14 heavy (non-hydrogen) atoms. The van der Waals surface area contributed by atoms with Gasteiger partial charge in [-0.3, -0.25) is 9.98 Å². The highest BCUT2D eigenvalue weighted by Gasteiger charge is 2.25. The van der Waals surface area contributed by atoms with Gasteiger partial charge in [-0.2, -0.15) is 0 Å². The molecule has 0 aromatic rings. The summed E-state index contributed by atoms with van der Waals surface area (Å²) in [5, 5.41) is 0. The molecule has 0 saturated heterocycles. The molecule has 0 aromatic heterocycles. The van der Waals surface area contributed by atoms with E-state index in [-0.39, 0.29) is 0 Å². The number of hydrogen-bond acceptors (Lipinski definition) is 4. The molecule has 0 fully saturated rings. The molecule has 74 valence electrons. The van der Waals surface area contributed by atoms with Crippen molar-refractivity contribution in [1.29, 1.82) is 0 Å². The van der Waals surface area contributed by atoms with Crippen LogP contribution in [0.5, 0.6) is 0 Å². The van der Waals surface area contributed by atoms with E-state index in [0.29, 0.717) is 0 Å². The summed E-state index contributed by atoms with van der Waals surface area (Å²) in [5.74, 6) is 1.86. The first kappa shape index (κ1) is 8.99. The molecule has 4 heteroatoms. The standard InChI is InChI=1S/C10H14N4/c1-3-13-7-5-11-9(13)10-12-6-8-14(10)4-2/h3-4H,1-2,5-8H2. The molecule has 2 aliphatic rings. The van der Waals surface area contributed by atoms with Crippen molar-refractivity contribution in [2.75, 3.05) is 26.2 Å². The lowest BCUT2D eigenvalue weighted by Gasteiger charge is -2.20. The molecule has 0 saturated carbocycles. The molecular formula is C10H14N4. The number of rotatable bonds is 3. The van der Waals surface area contributed by atoms with Gasteiger partial charge in [0, 0.05) is 13.1 Å². The zero-order valence-corrected chi connectivity index (χ0v) is 8.19. The molecule has 2 heterocycles. The van der Waals surface area contributed by atoms with Crippen molar-refractivity contribution in [3.05, 3.63) is 25.6 Å². The van der Waals surface area contributed by atoms with Gasteiger partial charge in [-0.1, -0.05) is 13.2 Å². The Morgan fingerprint density at radius 3 is 1.71 bits per heavy atom. The van der Waals surface area contributed by atoms with Crippen LogP contribution >= 0.6 is 0 Å². The van der Waals surface area contributed by atoms with Crippen LogP contribution in [0.25, 0.3) is 0 Å². The van der Waals surface area contributed by atoms with Gasteiger partial charge < -0.3 is 9.80 Å². The second kappa shape index (κ2) is 3.65. The Hall–Kier alpha value is -1.58. The van der Waals surface area contributed by atoms with Crippen molar-refractivity contribution < 1.29 is 0 Å². The van der Waals surface area contributed by atoms with E-state index in [1.54, 1.807) is 12.4 Å². The number of hydrogen-bond donors (Lipinski definition) is 0. The van der Waals surface area contributed by atoms with Gasteiger partial charge in [0.2, 0.25) is 0 Å². The predicted octanol–water partition coefficient (Wildman–Crippen LogP) is 0.702. The average molecular weight is 190 g/mol. The summed E-state index contributed by atoms with van der Waals surface area (Å²) in [5.41, 5.74) is 0. The van der Waals surface area contributed by atoms with Crippen molar-refractivity contribution >= 4 is 11.7 Å². The summed E-state index contributed by atoms with van der Waals surface area (Å²) in [6.45, 7) is 11.0. The van der Waals surface area contributed by atoms with Crippen LogP contribution in [0.1, 0.15) is 0 Å². The van der Waals surface area contributed by atoms with Crippen LogP contribution in [0, 0.1) is 0 Å². The molecule has 0 amide bonds. The summed E-state index contributed by atoms with van der Waals surface area (Å²) < 4.78 is 0. The minimum atomic E-state index is 0.825. The number of amidine groups is 2. The molecule has 2 aliphatic heterocycles. The fraction of sp³-hybridized carbons (Fsp3) is 0.400. The first-order valence-electron chi connectivity index (χ1n) is 4.74. The van der Waals surface area contributed by atoms with Gasteiger partial charge in [-0.25, -0.2) is 0 Å². The van der Waals surface area contributed by atoms with E-state index in [9.17, 15) is 0 Å². The molecule has 2 rings (SSSR count). The van der Waals surface area contributed by atoms with Crippen LogP contribution in [-0.4, -0.2) is 47.7 Å². The number of aliphatic imine (C=N–C) groups is 2. The van der Waals surface area contributed by atoms with Crippen molar-refractivity contribution in [3.63, 3.8) is 0 Å². The van der Waals surface area contributed by atoms with Crippen LogP contribution < -0.4 is 0 Å². The summed E-state index contributed by atoms with van der Waals surface area (Å²) in [4.78, 5) is 12.9. The minimum Gasteiger partial charge on any atom is -0.329 e. The van der Waals surface area contributed by atoms with Crippen LogP contribution in [0.15, 0.2) is 35.5 Å². The Kier molecular flexibility index (Phi) is 2.35. The highest BCUT2D eigenvalue weighted by atomic mass is 15.3. The van der Waals surface area contributed by atoms with Gasteiger partial charge >= 0.3 is 0 Å². The third kappa shape index (κ3) is 1.32. The van der Waals surface area contributed by atoms with E-state index in [1.165, 1.54) is 0 Å². The van der Waals surface area contributed by atoms with E-state index in [0.717, 1.165) is 37.9 Å². The van der Waals surface area contributed by atoms with Gasteiger partial charge in [0.25, 0.3) is 0 Å². The third-order valence-corrected chi connectivity index (χ3v) is 2.39. The SMILES string of the molecule is C=CN1CCN=C1C1=NCCN1C=C. The fourth-order valence-corrected chi connectivity index (χ4v) is 1.67. The zero-order chi connectivity index (χ0) is 9.97. The Morgan fingerprint density at radius 2 is 1.36 bits per heavy atom. The monoisotopic (exact) mass is 190 g/mol. The number of nitrogens with zero attached hydrogens (tertiary/aromatic N) is 4. The first-order valence-corrected chi connectivity index (χ1v) is 4.74. The van der Waals surface area contributed by atoms with Gasteiger partial charge in [-0.05, 0) is 12.4 Å². The molecule has 0 atom stereocenters. The Balaban J connectivity index is 2.22. The summed E-state index contributed by atoms with van der Waals surface area (Å²) in [6.07, 6.45) is 3.60. The second-order valence-corrected chi connectivity index (χ2v) is 3.16. The molecular weight excluding hydrogens is 176 g/mol. The molecule has 0 radical (unpaired) electrons. The topological polar surface area (TPSA) is 31.2 Å². The summed E-state index contributed by atoms with van der Waals surface area (Å²) in [7, 11) is 0. The normalized spacial score (nSPS) is 20.9. The highest BCUT2D eigenvalue weighted by Crippen LogP contribution is 2.10. The van der Waals surface area contributed by atoms with Crippen molar-refractivity contribution in [2.24, 2.45) is 9.98 Å². The van der Waals surface area contributed by atoms with E-state index in [1.807, 2.05) is 9.80 Å². The quantitative estimate of drug-likeness (QED) is 0.656. The lowest BCUT2D eigenvalue weighted by Crippen LogP contribution is -2.36. The Morgan fingerprint density at radius 1 is 0.929 bits per heavy atom. The highest BCUT2D eigenvalue weighted by molar-refractivity contribution is 6.41. The van der Waals surface area contributed by atoms with Crippen LogP contribution in [0.2, 0.25) is 0 Å². The van der Waals surface area contributed by atoms with Crippen molar-refractivity contribution in [2.45, 2.75) is 0 Å². The summed E-state index contributed by atoms with van der Waals surface area (Å²) >= 11 is 0. The van der Waals surface area contributed by atoms with E-state index in [4.69, 9.17) is 0 Å². The average Bonchev–Trinajstić information content (AvgIpc) is 2.85. The van der Waals surface area contributed by atoms with E-state index >= 15 is 0 Å². The van der Waals surface area contributed by atoms with Crippen LogP contribution in [-0.2, 0) is 0 Å². The van der Waals surface area contributed by atoms with Crippen LogP contribution in [0.4, 0.5) is 0 Å². The molecule has 4 nitrogen and oxygen atoms in total. The zero-order valence-electron chi connectivity index (χ0n) is 8.19. The van der Waals surface area contributed by atoms with Crippen molar-refractivity contribution in [1.82, 2.24) is 9.80 Å². The van der Waals surface area contributed by atoms with Crippen LogP contribution in [0.3, 0.4) is 0 Å². The minimum absolute atomic E-state index is 0.825. The molecule has 0 unspecified atom stereocenters. The van der Waals surface area contributed by atoms with Gasteiger partial charge in [0.1, 0.15) is 0 Å². The second-order valence-electron chi connectivity index (χ2n) is 3.16. The maximum atomic E-state index is 4.42. The molecule has 0 spiro atoms. The third-order valence-electron chi connectivity index (χ3n) is 2.39.